The summed E-state index contributed by atoms with van der Waals surface area (Å²) >= 11 is 6.10. The summed E-state index contributed by atoms with van der Waals surface area (Å²) in [5, 5.41) is 22.1. The maximum Gasteiger partial charge on any atom is 0.131 e. The van der Waals surface area contributed by atoms with Gasteiger partial charge in [0.1, 0.15) is 23.7 Å². The first-order chi connectivity index (χ1) is 19.0. The van der Waals surface area contributed by atoms with E-state index in [1.807, 2.05) is 62.4 Å². The minimum atomic E-state index is -0.909. The number of benzene rings is 2. The van der Waals surface area contributed by atoms with Crippen LogP contribution in [0.3, 0.4) is 0 Å². The van der Waals surface area contributed by atoms with Crippen LogP contribution >= 0.6 is 11.6 Å². The molecule has 2 N–H and O–H groups in total. The van der Waals surface area contributed by atoms with Gasteiger partial charge in [-0.1, -0.05) is 49.7 Å². The Morgan fingerprint density at radius 2 is 1.90 bits per heavy atom. The lowest BCUT2D eigenvalue weighted by Crippen LogP contribution is -2.55. The van der Waals surface area contributed by atoms with Crippen molar-refractivity contribution in [3.63, 3.8) is 0 Å². The van der Waals surface area contributed by atoms with Gasteiger partial charge in [-0.05, 0) is 74.2 Å². The second-order valence-electron chi connectivity index (χ2n) is 12.1. The SMILES string of the molecule is CC(C)(CO)Oc1ccc2c(c1)/C(=C\CCN1CCC(O)(c3ccc(Cl)cc3)C(C)(C)C1)c1cccnc1CO2. The number of nitrogens with zero attached hydrogens (tertiary/aromatic N) is 2. The minimum absolute atomic E-state index is 0.0879. The van der Waals surface area contributed by atoms with Crippen molar-refractivity contribution >= 4 is 17.2 Å². The van der Waals surface area contributed by atoms with E-state index >= 15 is 0 Å². The molecule has 3 heterocycles. The molecule has 0 radical (unpaired) electrons. The Balaban J connectivity index is 1.38. The van der Waals surface area contributed by atoms with Crippen LogP contribution in [0.4, 0.5) is 0 Å². The van der Waals surface area contributed by atoms with Crippen LogP contribution in [0.2, 0.25) is 5.02 Å². The fourth-order valence-corrected chi connectivity index (χ4v) is 5.97. The molecule has 2 aliphatic heterocycles. The smallest absolute Gasteiger partial charge is 0.131 e. The molecule has 1 saturated heterocycles. The maximum atomic E-state index is 11.8. The van der Waals surface area contributed by atoms with Gasteiger partial charge >= 0.3 is 0 Å². The molecule has 1 fully saturated rings. The van der Waals surface area contributed by atoms with E-state index in [4.69, 9.17) is 21.1 Å². The molecule has 0 spiro atoms. The first-order valence-electron chi connectivity index (χ1n) is 13.9. The van der Waals surface area contributed by atoms with Crippen molar-refractivity contribution in [2.75, 3.05) is 26.2 Å². The molecular formula is C33H39ClN2O4. The van der Waals surface area contributed by atoms with E-state index in [1.54, 1.807) is 6.20 Å². The number of aromatic nitrogens is 1. The normalized spacial score (nSPS) is 21.7. The number of likely N-dealkylation sites (tertiary alicyclic amines) is 1. The molecule has 6 nitrogen and oxygen atoms in total. The number of hydrogen-bond donors (Lipinski definition) is 2. The molecule has 1 atom stereocenters. The van der Waals surface area contributed by atoms with Gasteiger partial charge in [0.2, 0.25) is 0 Å². The Bertz CT molecular complexity index is 1390. The summed E-state index contributed by atoms with van der Waals surface area (Å²) in [5.74, 6) is 1.46. The highest BCUT2D eigenvalue weighted by molar-refractivity contribution is 6.30. The summed E-state index contributed by atoms with van der Waals surface area (Å²) < 4.78 is 12.2. The van der Waals surface area contributed by atoms with Crippen molar-refractivity contribution < 1.29 is 19.7 Å². The average molecular weight is 563 g/mol. The third-order valence-corrected chi connectivity index (χ3v) is 8.46. The Hall–Kier alpha value is -2.90. The van der Waals surface area contributed by atoms with Crippen molar-refractivity contribution in [2.24, 2.45) is 5.41 Å². The number of pyridine rings is 1. The van der Waals surface area contributed by atoms with Crippen LogP contribution in [0, 0.1) is 5.41 Å². The van der Waals surface area contributed by atoms with Gasteiger partial charge in [-0.2, -0.15) is 0 Å². The van der Waals surface area contributed by atoms with Crippen LogP contribution < -0.4 is 9.47 Å². The molecule has 0 saturated carbocycles. The van der Waals surface area contributed by atoms with Gasteiger partial charge < -0.3 is 24.6 Å². The number of aliphatic hydroxyl groups is 2. The quantitative estimate of drug-likeness (QED) is 0.356. The topological polar surface area (TPSA) is 75.1 Å². The molecule has 1 unspecified atom stereocenters. The van der Waals surface area contributed by atoms with Crippen LogP contribution in [0.5, 0.6) is 11.5 Å². The van der Waals surface area contributed by atoms with Crippen molar-refractivity contribution in [1.29, 1.82) is 0 Å². The van der Waals surface area contributed by atoms with Crippen molar-refractivity contribution in [2.45, 2.75) is 58.3 Å². The van der Waals surface area contributed by atoms with Crippen LogP contribution in [0.15, 0.2) is 66.9 Å². The van der Waals surface area contributed by atoms with Gasteiger partial charge in [0.25, 0.3) is 0 Å². The molecule has 1 aromatic heterocycles. The van der Waals surface area contributed by atoms with Gasteiger partial charge in [-0.15, -0.1) is 0 Å². The largest absolute Gasteiger partial charge is 0.487 e. The molecule has 0 bridgehead atoms. The second-order valence-corrected chi connectivity index (χ2v) is 12.6. The molecule has 0 aliphatic carbocycles. The highest BCUT2D eigenvalue weighted by Crippen LogP contribution is 2.46. The van der Waals surface area contributed by atoms with Crippen LogP contribution in [-0.2, 0) is 12.2 Å². The van der Waals surface area contributed by atoms with E-state index in [0.29, 0.717) is 23.8 Å². The second kappa shape index (κ2) is 11.2. The zero-order chi connectivity index (χ0) is 28.5. The first kappa shape index (κ1) is 28.6. The molecule has 40 heavy (non-hydrogen) atoms. The molecule has 7 heteroatoms. The van der Waals surface area contributed by atoms with E-state index in [2.05, 4.69) is 35.9 Å². The Kier molecular flexibility index (Phi) is 7.99. The number of rotatable bonds is 7. The Morgan fingerprint density at radius 3 is 2.62 bits per heavy atom. The standard InChI is InChI=1S/C33H39ClN2O4/c1-31(2)21-36(18-15-33(31,38)23-9-11-24(34)12-10-23)17-6-8-26-27-7-5-16-35-29(27)20-39-30-14-13-25(19-28(26)30)40-32(3,4)22-37/h5,7-14,16,19,37-38H,6,15,17-18,20-22H2,1-4H3/b26-8-. The van der Waals surface area contributed by atoms with E-state index in [1.165, 1.54) is 0 Å². The molecule has 2 aromatic carbocycles. The average Bonchev–Trinajstić information content (AvgIpc) is 3.07. The molecule has 0 amide bonds. The van der Waals surface area contributed by atoms with Gasteiger partial charge in [0.05, 0.1) is 17.9 Å². The molecule has 5 rings (SSSR count). The van der Waals surface area contributed by atoms with Crippen LogP contribution in [-0.4, -0.2) is 51.9 Å². The minimum Gasteiger partial charge on any atom is -0.487 e. The number of piperidine rings is 1. The summed E-state index contributed by atoms with van der Waals surface area (Å²) in [6.45, 7) is 10.8. The van der Waals surface area contributed by atoms with Gasteiger partial charge in [0.15, 0.2) is 0 Å². The van der Waals surface area contributed by atoms with E-state index in [9.17, 15) is 10.2 Å². The number of aliphatic hydroxyl groups excluding tert-OH is 1. The molecule has 2 aliphatic rings. The van der Waals surface area contributed by atoms with Crippen molar-refractivity contribution in [3.05, 3.63) is 94.3 Å². The number of hydrogen-bond acceptors (Lipinski definition) is 6. The lowest BCUT2D eigenvalue weighted by atomic mass is 9.66. The summed E-state index contributed by atoms with van der Waals surface area (Å²) in [4.78, 5) is 7.03. The maximum absolute atomic E-state index is 11.8. The van der Waals surface area contributed by atoms with E-state index in [-0.39, 0.29) is 12.0 Å². The Morgan fingerprint density at radius 1 is 1.12 bits per heavy atom. The Labute approximate surface area is 242 Å². The number of halogens is 1. The summed E-state index contributed by atoms with van der Waals surface area (Å²) in [6.07, 6.45) is 5.54. The fraction of sp³-hybridized carbons (Fsp3) is 0.424. The van der Waals surface area contributed by atoms with Gasteiger partial charge in [-0.3, -0.25) is 4.98 Å². The van der Waals surface area contributed by atoms with Gasteiger partial charge in [0, 0.05) is 47.4 Å². The molecular weight excluding hydrogens is 524 g/mol. The monoisotopic (exact) mass is 562 g/mol. The van der Waals surface area contributed by atoms with E-state index in [0.717, 1.165) is 59.8 Å². The summed E-state index contributed by atoms with van der Waals surface area (Å²) in [7, 11) is 0. The molecule has 3 aromatic rings. The van der Waals surface area contributed by atoms with Crippen LogP contribution in [0.25, 0.3) is 5.57 Å². The van der Waals surface area contributed by atoms with Crippen molar-refractivity contribution in [3.8, 4) is 11.5 Å². The van der Waals surface area contributed by atoms with Gasteiger partial charge in [-0.25, -0.2) is 0 Å². The summed E-state index contributed by atoms with van der Waals surface area (Å²) in [6, 6.07) is 17.5. The van der Waals surface area contributed by atoms with Crippen LogP contribution in [0.1, 0.15) is 62.9 Å². The predicted octanol–water partition coefficient (Wildman–Crippen LogP) is 6.22. The summed E-state index contributed by atoms with van der Waals surface area (Å²) in [5.41, 5.74) is 2.95. The highest BCUT2D eigenvalue weighted by atomic mass is 35.5. The number of ether oxygens (including phenoxy) is 2. The van der Waals surface area contributed by atoms with E-state index < -0.39 is 11.2 Å². The first-order valence-corrected chi connectivity index (χ1v) is 14.3. The lowest BCUT2D eigenvalue weighted by Gasteiger charge is -2.50. The number of fused-ring (bicyclic) bond motifs is 2. The third-order valence-electron chi connectivity index (χ3n) is 8.20. The van der Waals surface area contributed by atoms with Crippen molar-refractivity contribution in [1.82, 2.24) is 9.88 Å². The molecule has 212 valence electrons. The third kappa shape index (κ3) is 5.77. The zero-order valence-electron chi connectivity index (χ0n) is 23.8. The predicted molar refractivity (Wildman–Crippen MR) is 159 cm³/mol. The highest BCUT2D eigenvalue weighted by Gasteiger charge is 2.48. The lowest BCUT2D eigenvalue weighted by molar-refractivity contribution is -0.125. The zero-order valence-corrected chi connectivity index (χ0v) is 24.5. The fourth-order valence-electron chi connectivity index (χ4n) is 5.84.